The highest BCUT2D eigenvalue weighted by atomic mass is 16.3. The van der Waals surface area contributed by atoms with E-state index >= 15 is 0 Å². The Kier molecular flexibility index (Phi) is 3.95. The molecule has 1 aromatic carbocycles. The summed E-state index contributed by atoms with van der Waals surface area (Å²) in [5, 5.41) is 0. The molecule has 0 saturated carbocycles. The third kappa shape index (κ3) is 2.94. The Labute approximate surface area is 125 Å². The first-order chi connectivity index (χ1) is 10.3. The van der Waals surface area contributed by atoms with Crippen LogP contribution in [0.1, 0.15) is 29.0 Å². The number of hydrogen-bond acceptors (Lipinski definition) is 3. The van der Waals surface area contributed by atoms with Crippen LogP contribution < -0.4 is 4.90 Å². The fourth-order valence-corrected chi connectivity index (χ4v) is 2.83. The Morgan fingerprint density at radius 3 is 2.67 bits per heavy atom. The fourth-order valence-electron chi connectivity index (χ4n) is 2.83. The SMILES string of the molecule is CN(Cc1ccccc1N1CCCC1)C(=O)c1ccco1. The van der Waals surface area contributed by atoms with E-state index in [-0.39, 0.29) is 5.91 Å². The molecule has 0 atom stereocenters. The zero-order chi connectivity index (χ0) is 14.7. The summed E-state index contributed by atoms with van der Waals surface area (Å²) in [6, 6.07) is 11.8. The fraction of sp³-hybridized carbons (Fsp3) is 0.353. The van der Waals surface area contributed by atoms with Crippen LogP contribution in [-0.2, 0) is 6.54 Å². The molecule has 2 heterocycles. The van der Waals surface area contributed by atoms with Crippen LogP contribution in [0.25, 0.3) is 0 Å². The van der Waals surface area contributed by atoms with Crippen molar-refractivity contribution in [2.75, 3.05) is 25.0 Å². The minimum atomic E-state index is -0.0868. The van der Waals surface area contributed by atoms with Crippen LogP contribution in [0.5, 0.6) is 0 Å². The van der Waals surface area contributed by atoms with Gasteiger partial charge in [0.1, 0.15) is 0 Å². The predicted molar refractivity (Wildman–Crippen MR) is 82.4 cm³/mol. The topological polar surface area (TPSA) is 36.7 Å². The van der Waals surface area contributed by atoms with Crippen molar-refractivity contribution in [1.29, 1.82) is 0 Å². The lowest BCUT2D eigenvalue weighted by Gasteiger charge is -2.24. The molecule has 0 spiro atoms. The van der Waals surface area contributed by atoms with E-state index in [1.807, 2.05) is 13.1 Å². The van der Waals surface area contributed by atoms with Crippen LogP contribution in [0.2, 0.25) is 0 Å². The molecule has 1 aliphatic rings. The molecule has 0 unspecified atom stereocenters. The number of rotatable bonds is 4. The van der Waals surface area contributed by atoms with Crippen LogP contribution in [0.15, 0.2) is 47.1 Å². The molecule has 0 bridgehead atoms. The molecular weight excluding hydrogens is 264 g/mol. The van der Waals surface area contributed by atoms with Gasteiger partial charge >= 0.3 is 0 Å². The molecular formula is C17H20N2O2. The number of furan rings is 1. The second-order valence-electron chi connectivity index (χ2n) is 5.46. The second-order valence-corrected chi connectivity index (χ2v) is 5.46. The van der Waals surface area contributed by atoms with Crippen LogP contribution >= 0.6 is 0 Å². The maximum atomic E-state index is 12.3. The molecule has 1 amide bonds. The van der Waals surface area contributed by atoms with Crippen molar-refractivity contribution in [3.05, 3.63) is 54.0 Å². The van der Waals surface area contributed by atoms with Crippen LogP contribution in [-0.4, -0.2) is 30.9 Å². The average Bonchev–Trinajstić information content (AvgIpc) is 3.20. The van der Waals surface area contributed by atoms with Crippen molar-refractivity contribution >= 4 is 11.6 Å². The van der Waals surface area contributed by atoms with E-state index in [9.17, 15) is 4.79 Å². The van der Waals surface area contributed by atoms with Gasteiger partial charge < -0.3 is 14.2 Å². The molecule has 0 N–H and O–H groups in total. The van der Waals surface area contributed by atoms with Crippen molar-refractivity contribution in [3.8, 4) is 0 Å². The predicted octanol–water partition coefficient (Wildman–Crippen LogP) is 3.15. The highest BCUT2D eigenvalue weighted by molar-refractivity contribution is 5.91. The van der Waals surface area contributed by atoms with Crippen molar-refractivity contribution in [3.63, 3.8) is 0 Å². The smallest absolute Gasteiger partial charge is 0.289 e. The lowest BCUT2D eigenvalue weighted by molar-refractivity contribution is 0.0753. The van der Waals surface area contributed by atoms with Crippen LogP contribution in [0.4, 0.5) is 5.69 Å². The van der Waals surface area contributed by atoms with Gasteiger partial charge in [0.05, 0.1) is 6.26 Å². The lowest BCUT2D eigenvalue weighted by Crippen LogP contribution is -2.27. The number of anilines is 1. The summed E-state index contributed by atoms with van der Waals surface area (Å²) in [5.41, 5.74) is 2.43. The minimum absolute atomic E-state index is 0.0868. The summed E-state index contributed by atoms with van der Waals surface area (Å²) >= 11 is 0. The first kappa shape index (κ1) is 13.7. The number of hydrogen-bond donors (Lipinski definition) is 0. The maximum absolute atomic E-state index is 12.3. The Morgan fingerprint density at radius 1 is 1.19 bits per heavy atom. The Balaban J connectivity index is 1.76. The maximum Gasteiger partial charge on any atom is 0.289 e. The van der Waals surface area contributed by atoms with Gasteiger partial charge in [0.2, 0.25) is 0 Å². The zero-order valence-electron chi connectivity index (χ0n) is 12.3. The summed E-state index contributed by atoms with van der Waals surface area (Å²) in [4.78, 5) is 16.4. The lowest BCUT2D eigenvalue weighted by atomic mass is 10.1. The molecule has 2 aromatic rings. The van der Waals surface area contributed by atoms with E-state index in [2.05, 4.69) is 23.1 Å². The van der Waals surface area contributed by atoms with Gasteiger partial charge in [-0.3, -0.25) is 4.79 Å². The van der Waals surface area contributed by atoms with E-state index in [1.165, 1.54) is 30.4 Å². The van der Waals surface area contributed by atoms with E-state index in [0.717, 1.165) is 13.1 Å². The third-order valence-corrected chi connectivity index (χ3v) is 3.92. The van der Waals surface area contributed by atoms with Crippen molar-refractivity contribution in [2.24, 2.45) is 0 Å². The molecule has 21 heavy (non-hydrogen) atoms. The molecule has 4 nitrogen and oxygen atoms in total. The molecule has 110 valence electrons. The quantitative estimate of drug-likeness (QED) is 0.865. The molecule has 1 aliphatic heterocycles. The van der Waals surface area contributed by atoms with E-state index < -0.39 is 0 Å². The zero-order valence-corrected chi connectivity index (χ0v) is 12.3. The molecule has 0 radical (unpaired) electrons. The van der Waals surface area contributed by atoms with Gasteiger partial charge in [-0.15, -0.1) is 0 Å². The molecule has 4 heteroatoms. The molecule has 3 rings (SSSR count). The Morgan fingerprint density at radius 2 is 1.95 bits per heavy atom. The van der Waals surface area contributed by atoms with E-state index in [0.29, 0.717) is 12.3 Å². The van der Waals surface area contributed by atoms with E-state index in [4.69, 9.17) is 4.42 Å². The summed E-state index contributed by atoms with van der Waals surface area (Å²) in [6.07, 6.45) is 4.02. The monoisotopic (exact) mass is 284 g/mol. The number of carbonyl (C=O) groups excluding carboxylic acids is 1. The highest BCUT2D eigenvalue weighted by Crippen LogP contribution is 2.25. The molecule has 1 saturated heterocycles. The first-order valence-electron chi connectivity index (χ1n) is 7.37. The number of amides is 1. The Bertz CT molecular complexity index is 601. The summed E-state index contributed by atoms with van der Waals surface area (Å²) in [7, 11) is 1.81. The van der Waals surface area contributed by atoms with Gasteiger partial charge in [-0.1, -0.05) is 18.2 Å². The van der Waals surface area contributed by atoms with Crippen molar-refractivity contribution in [2.45, 2.75) is 19.4 Å². The van der Waals surface area contributed by atoms with E-state index in [1.54, 1.807) is 17.0 Å². The molecule has 1 fully saturated rings. The van der Waals surface area contributed by atoms with Gasteiger partial charge in [-0.25, -0.2) is 0 Å². The van der Waals surface area contributed by atoms with Crippen molar-refractivity contribution in [1.82, 2.24) is 4.90 Å². The number of nitrogens with zero attached hydrogens (tertiary/aromatic N) is 2. The average molecular weight is 284 g/mol. The number of benzene rings is 1. The number of carbonyl (C=O) groups is 1. The summed E-state index contributed by atoms with van der Waals surface area (Å²) in [6.45, 7) is 2.80. The van der Waals surface area contributed by atoms with Gasteiger partial charge in [0, 0.05) is 32.4 Å². The summed E-state index contributed by atoms with van der Waals surface area (Å²) < 4.78 is 5.18. The molecule has 1 aromatic heterocycles. The van der Waals surface area contributed by atoms with Crippen LogP contribution in [0, 0.1) is 0 Å². The standard InChI is InChI=1S/C17H20N2O2/c1-18(17(20)16-9-6-12-21-16)13-14-7-2-3-8-15(14)19-10-4-5-11-19/h2-3,6-9,12H,4-5,10-11,13H2,1H3. The van der Waals surface area contributed by atoms with Gasteiger partial charge in [0.25, 0.3) is 5.91 Å². The first-order valence-corrected chi connectivity index (χ1v) is 7.37. The molecule has 0 aliphatic carbocycles. The normalized spacial score (nSPS) is 14.4. The third-order valence-electron chi connectivity index (χ3n) is 3.92. The summed E-state index contributed by atoms with van der Waals surface area (Å²) in [5.74, 6) is 0.298. The van der Waals surface area contributed by atoms with Crippen molar-refractivity contribution < 1.29 is 9.21 Å². The Hall–Kier alpha value is -2.23. The number of para-hydroxylation sites is 1. The van der Waals surface area contributed by atoms with Gasteiger partial charge in [-0.05, 0) is 36.6 Å². The second kappa shape index (κ2) is 6.04. The highest BCUT2D eigenvalue weighted by Gasteiger charge is 2.19. The minimum Gasteiger partial charge on any atom is -0.459 e. The largest absolute Gasteiger partial charge is 0.459 e. The van der Waals surface area contributed by atoms with Gasteiger partial charge in [-0.2, -0.15) is 0 Å². The van der Waals surface area contributed by atoms with Crippen LogP contribution in [0.3, 0.4) is 0 Å². The van der Waals surface area contributed by atoms with Gasteiger partial charge in [0.15, 0.2) is 5.76 Å².